The van der Waals surface area contributed by atoms with Crippen LogP contribution in [0.25, 0.3) is 0 Å². The molecule has 1 aliphatic rings. The lowest BCUT2D eigenvalue weighted by molar-refractivity contribution is -0.126. The molecule has 7 nitrogen and oxygen atoms in total. The first-order valence-electron chi connectivity index (χ1n) is 8.78. The van der Waals surface area contributed by atoms with E-state index in [0.717, 1.165) is 0 Å². The summed E-state index contributed by atoms with van der Waals surface area (Å²) in [6.07, 6.45) is 0. The standard InChI is InChI=1S/C20H22N4O3/c1-21-18(25)17-14-23(20(27)22-16-10-6-3-7-11-16)12-13-24(17)19(26)15-8-4-2-5-9-15/h2-11,17H,12-14H2,1H3,(H,21,25)(H,22,27). The largest absolute Gasteiger partial charge is 0.357 e. The Kier molecular flexibility index (Phi) is 5.71. The molecule has 0 aromatic heterocycles. The van der Waals surface area contributed by atoms with Gasteiger partial charge in [0.05, 0.1) is 6.54 Å². The zero-order valence-electron chi connectivity index (χ0n) is 15.1. The number of anilines is 1. The molecule has 2 N–H and O–H groups in total. The van der Waals surface area contributed by atoms with Crippen LogP contribution in [0.1, 0.15) is 10.4 Å². The van der Waals surface area contributed by atoms with Crippen molar-refractivity contribution < 1.29 is 14.4 Å². The summed E-state index contributed by atoms with van der Waals surface area (Å²) in [6.45, 7) is 0.773. The zero-order chi connectivity index (χ0) is 19.2. The summed E-state index contributed by atoms with van der Waals surface area (Å²) in [5.74, 6) is -0.510. The van der Waals surface area contributed by atoms with Crippen molar-refractivity contribution in [1.29, 1.82) is 0 Å². The van der Waals surface area contributed by atoms with Crippen LogP contribution < -0.4 is 10.6 Å². The van der Waals surface area contributed by atoms with E-state index < -0.39 is 6.04 Å². The molecule has 2 aromatic carbocycles. The third-order valence-corrected chi connectivity index (χ3v) is 4.52. The third-order valence-electron chi connectivity index (χ3n) is 4.52. The summed E-state index contributed by atoms with van der Waals surface area (Å²) in [4.78, 5) is 40.8. The molecule has 0 saturated carbocycles. The van der Waals surface area contributed by atoms with Gasteiger partial charge in [-0.15, -0.1) is 0 Å². The third kappa shape index (κ3) is 4.25. The van der Waals surface area contributed by atoms with Crippen LogP contribution in [0.5, 0.6) is 0 Å². The fourth-order valence-electron chi connectivity index (χ4n) is 3.07. The van der Waals surface area contributed by atoms with Gasteiger partial charge >= 0.3 is 6.03 Å². The second-order valence-corrected chi connectivity index (χ2v) is 6.24. The van der Waals surface area contributed by atoms with Crippen LogP contribution >= 0.6 is 0 Å². The van der Waals surface area contributed by atoms with E-state index >= 15 is 0 Å². The maximum atomic E-state index is 12.8. The van der Waals surface area contributed by atoms with Crippen molar-refractivity contribution in [2.45, 2.75) is 6.04 Å². The molecule has 1 fully saturated rings. The summed E-state index contributed by atoms with van der Waals surface area (Å²) in [5.41, 5.74) is 1.20. The number of piperazine rings is 1. The number of nitrogens with one attached hydrogen (secondary N) is 2. The van der Waals surface area contributed by atoms with E-state index in [1.54, 1.807) is 41.3 Å². The highest BCUT2D eigenvalue weighted by Gasteiger charge is 2.36. The summed E-state index contributed by atoms with van der Waals surface area (Å²) in [5, 5.41) is 5.41. The molecule has 0 bridgehead atoms. The van der Waals surface area contributed by atoms with Crippen molar-refractivity contribution >= 4 is 23.5 Å². The van der Waals surface area contributed by atoms with Crippen molar-refractivity contribution in [2.75, 3.05) is 32.0 Å². The van der Waals surface area contributed by atoms with E-state index in [0.29, 0.717) is 17.8 Å². The first-order valence-corrected chi connectivity index (χ1v) is 8.78. The van der Waals surface area contributed by atoms with E-state index in [1.165, 1.54) is 11.9 Å². The number of para-hydroxylation sites is 1. The molecular formula is C20H22N4O3. The summed E-state index contributed by atoms with van der Waals surface area (Å²) in [7, 11) is 1.52. The van der Waals surface area contributed by atoms with Gasteiger partial charge in [-0.2, -0.15) is 0 Å². The van der Waals surface area contributed by atoms with Crippen LogP contribution in [0.15, 0.2) is 60.7 Å². The van der Waals surface area contributed by atoms with Gasteiger partial charge in [-0.3, -0.25) is 9.59 Å². The van der Waals surface area contributed by atoms with Gasteiger partial charge in [0.1, 0.15) is 6.04 Å². The second-order valence-electron chi connectivity index (χ2n) is 6.24. The van der Waals surface area contributed by atoms with Crippen LogP contribution in [0, 0.1) is 0 Å². The highest BCUT2D eigenvalue weighted by atomic mass is 16.2. The molecule has 27 heavy (non-hydrogen) atoms. The number of nitrogens with zero attached hydrogens (tertiary/aromatic N) is 2. The van der Waals surface area contributed by atoms with E-state index in [1.807, 2.05) is 24.3 Å². The zero-order valence-corrected chi connectivity index (χ0v) is 15.1. The van der Waals surface area contributed by atoms with Gasteiger partial charge < -0.3 is 20.4 Å². The minimum absolute atomic E-state index is 0.136. The molecule has 0 spiro atoms. The predicted molar refractivity (Wildman–Crippen MR) is 102 cm³/mol. The summed E-state index contributed by atoms with van der Waals surface area (Å²) < 4.78 is 0. The van der Waals surface area contributed by atoms with Crippen LogP contribution in [0.2, 0.25) is 0 Å². The van der Waals surface area contributed by atoms with E-state index in [-0.39, 0.29) is 30.9 Å². The molecule has 1 atom stereocenters. The maximum Gasteiger partial charge on any atom is 0.321 e. The molecule has 7 heteroatoms. The van der Waals surface area contributed by atoms with E-state index in [2.05, 4.69) is 10.6 Å². The van der Waals surface area contributed by atoms with Gasteiger partial charge in [0, 0.05) is 31.4 Å². The molecule has 1 heterocycles. The number of hydrogen-bond donors (Lipinski definition) is 2. The molecule has 0 aliphatic carbocycles. The first-order chi connectivity index (χ1) is 13.1. The van der Waals surface area contributed by atoms with Gasteiger partial charge in [0.2, 0.25) is 5.91 Å². The number of likely N-dealkylation sites (N-methyl/N-ethyl adjacent to an activating group) is 1. The average Bonchev–Trinajstić information content (AvgIpc) is 2.73. The van der Waals surface area contributed by atoms with Crippen molar-refractivity contribution in [3.05, 3.63) is 66.2 Å². The molecule has 1 saturated heterocycles. The lowest BCUT2D eigenvalue weighted by Crippen LogP contribution is -2.61. The van der Waals surface area contributed by atoms with Crippen molar-refractivity contribution in [3.63, 3.8) is 0 Å². The fourth-order valence-corrected chi connectivity index (χ4v) is 3.07. The van der Waals surface area contributed by atoms with Gasteiger partial charge in [0.25, 0.3) is 5.91 Å². The topological polar surface area (TPSA) is 81.8 Å². The van der Waals surface area contributed by atoms with Gasteiger partial charge in [-0.25, -0.2) is 4.79 Å². The predicted octanol–water partition coefficient (Wildman–Crippen LogP) is 1.79. The number of hydrogen-bond acceptors (Lipinski definition) is 3. The van der Waals surface area contributed by atoms with Crippen LogP contribution in [-0.2, 0) is 4.79 Å². The summed E-state index contributed by atoms with van der Waals surface area (Å²) >= 11 is 0. The smallest absolute Gasteiger partial charge is 0.321 e. The Morgan fingerprint density at radius 1 is 0.926 bits per heavy atom. The number of amides is 4. The van der Waals surface area contributed by atoms with Crippen molar-refractivity contribution in [3.8, 4) is 0 Å². The molecule has 1 aliphatic heterocycles. The molecule has 140 valence electrons. The highest BCUT2D eigenvalue weighted by Crippen LogP contribution is 2.16. The van der Waals surface area contributed by atoms with Crippen molar-refractivity contribution in [1.82, 2.24) is 15.1 Å². The Morgan fingerprint density at radius 2 is 1.56 bits per heavy atom. The second kappa shape index (κ2) is 8.35. The highest BCUT2D eigenvalue weighted by molar-refractivity contribution is 5.98. The Hall–Kier alpha value is -3.35. The number of carbonyl (C=O) groups is 3. The molecule has 4 amide bonds. The lowest BCUT2D eigenvalue weighted by atomic mass is 10.1. The fraction of sp³-hybridized carbons (Fsp3) is 0.250. The normalized spacial score (nSPS) is 16.6. The number of urea groups is 1. The molecule has 1 unspecified atom stereocenters. The minimum atomic E-state index is -0.738. The number of rotatable bonds is 3. The Morgan fingerprint density at radius 3 is 2.19 bits per heavy atom. The van der Waals surface area contributed by atoms with Gasteiger partial charge in [-0.05, 0) is 24.3 Å². The van der Waals surface area contributed by atoms with Crippen LogP contribution in [-0.4, -0.2) is 60.4 Å². The van der Waals surface area contributed by atoms with E-state index in [4.69, 9.17) is 0 Å². The number of benzene rings is 2. The lowest BCUT2D eigenvalue weighted by Gasteiger charge is -2.40. The Labute approximate surface area is 158 Å². The maximum absolute atomic E-state index is 12.8. The molecule has 2 aromatic rings. The SMILES string of the molecule is CNC(=O)C1CN(C(=O)Nc2ccccc2)CCN1C(=O)c1ccccc1. The van der Waals surface area contributed by atoms with Crippen LogP contribution in [0.3, 0.4) is 0 Å². The first kappa shape index (κ1) is 18.4. The summed E-state index contributed by atoms with van der Waals surface area (Å²) in [6, 6.07) is 16.9. The Bertz CT molecular complexity index is 810. The minimum Gasteiger partial charge on any atom is -0.357 e. The van der Waals surface area contributed by atoms with Gasteiger partial charge in [-0.1, -0.05) is 36.4 Å². The Balaban J connectivity index is 1.73. The quantitative estimate of drug-likeness (QED) is 0.869. The van der Waals surface area contributed by atoms with Crippen molar-refractivity contribution in [2.24, 2.45) is 0 Å². The molecule has 0 radical (unpaired) electrons. The van der Waals surface area contributed by atoms with E-state index in [9.17, 15) is 14.4 Å². The number of carbonyl (C=O) groups excluding carboxylic acids is 3. The molecular weight excluding hydrogens is 344 g/mol. The molecule has 3 rings (SSSR count). The monoisotopic (exact) mass is 366 g/mol. The van der Waals surface area contributed by atoms with Crippen LogP contribution in [0.4, 0.5) is 10.5 Å². The van der Waals surface area contributed by atoms with Gasteiger partial charge in [0.15, 0.2) is 0 Å². The average molecular weight is 366 g/mol.